The summed E-state index contributed by atoms with van der Waals surface area (Å²) in [6.45, 7) is 6.05. The van der Waals surface area contributed by atoms with Gasteiger partial charge in [-0.2, -0.15) is 13.2 Å². The van der Waals surface area contributed by atoms with E-state index in [1.807, 2.05) is 0 Å². The van der Waals surface area contributed by atoms with Crippen LogP contribution in [0.25, 0.3) is 0 Å². The first-order chi connectivity index (χ1) is 8.88. The Morgan fingerprint density at radius 2 is 1.85 bits per heavy atom. The molecule has 2 unspecified atom stereocenters. The van der Waals surface area contributed by atoms with E-state index in [4.69, 9.17) is 10.9 Å². The molecule has 5 N–H and O–H groups in total. The van der Waals surface area contributed by atoms with Gasteiger partial charge in [0.2, 0.25) is 5.91 Å². The minimum Gasteiger partial charge on any atom is -0.409 e. The second kappa shape index (κ2) is 6.78. The number of nitrogens with one attached hydrogen (secondary N) is 2. The van der Waals surface area contributed by atoms with E-state index in [1.54, 1.807) is 20.8 Å². The number of oxime groups is 1. The summed E-state index contributed by atoms with van der Waals surface area (Å²) >= 11 is 0. The van der Waals surface area contributed by atoms with Gasteiger partial charge < -0.3 is 21.6 Å². The summed E-state index contributed by atoms with van der Waals surface area (Å²) in [5.74, 6) is -3.54. The lowest BCUT2D eigenvalue weighted by Gasteiger charge is -2.25. The highest BCUT2D eigenvalue weighted by molar-refractivity contribution is 5.84. The van der Waals surface area contributed by atoms with Gasteiger partial charge in [-0.05, 0) is 27.7 Å². The number of amidine groups is 1. The number of nitrogens with two attached hydrogens (primary N) is 1. The van der Waals surface area contributed by atoms with Crippen LogP contribution < -0.4 is 16.4 Å². The molecule has 0 aliphatic rings. The van der Waals surface area contributed by atoms with Crippen LogP contribution in [-0.4, -0.2) is 41.3 Å². The van der Waals surface area contributed by atoms with E-state index in [1.165, 1.54) is 6.92 Å². The predicted octanol–water partition coefficient (Wildman–Crippen LogP) is 0.804. The molecule has 0 fully saturated rings. The molecule has 0 aliphatic carbocycles. The van der Waals surface area contributed by atoms with Crippen molar-refractivity contribution in [2.75, 3.05) is 6.54 Å². The molecule has 0 rings (SSSR count). The largest absolute Gasteiger partial charge is 0.409 e. The zero-order valence-corrected chi connectivity index (χ0v) is 11.9. The van der Waals surface area contributed by atoms with Gasteiger partial charge in [-0.3, -0.25) is 4.79 Å². The van der Waals surface area contributed by atoms with Gasteiger partial charge >= 0.3 is 6.18 Å². The maximum Gasteiger partial charge on any atom is 0.400 e. The molecular formula is C11H21F3N4O2. The average molecular weight is 298 g/mol. The first-order valence-electron chi connectivity index (χ1n) is 5.98. The molecule has 9 heteroatoms. The summed E-state index contributed by atoms with van der Waals surface area (Å²) in [4.78, 5) is 11.7. The lowest BCUT2D eigenvalue weighted by atomic mass is 10.1. The molecule has 0 spiro atoms. The lowest BCUT2D eigenvalue weighted by Crippen LogP contribution is -2.52. The first kappa shape index (κ1) is 18.5. The first-order valence-corrected chi connectivity index (χ1v) is 5.98. The smallest absolute Gasteiger partial charge is 0.400 e. The third-order valence-corrected chi connectivity index (χ3v) is 2.39. The maximum atomic E-state index is 12.7. The Bertz CT molecular complexity index is 364. The zero-order valence-electron chi connectivity index (χ0n) is 11.9. The van der Waals surface area contributed by atoms with E-state index < -0.39 is 42.0 Å². The highest BCUT2D eigenvalue weighted by Crippen LogP contribution is 2.25. The fraction of sp³-hybridized carbons (Fsp3) is 0.818. The molecule has 6 nitrogen and oxygen atoms in total. The summed E-state index contributed by atoms with van der Waals surface area (Å²) in [7, 11) is 0. The molecule has 0 aliphatic heterocycles. The van der Waals surface area contributed by atoms with Gasteiger partial charge in [0.25, 0.3) is 0 Å². The predicted molar refractivity (Wildman–Crippen MR) is 68.3 cm³/mol. The third kappa shape index (κ3) is 6.60. The lowest BCUT2D eigenvalue weighted by molar-refractivity contribution is -0.155. The molecule has 0 aromatic carbocycles. The Morgan fingerprint density at radius 1 is 1.35 bits per heavy atom. The number of hydrogen-bond donors (Lipinski definition) is 4. The number of rotatable bonds is 5. The SMILES string of the molecule is CC(NCC(C(N)=NO)C(F)(F)F)C(=O)NC(C)(C)C. The Kier molecular flexibility index (Phi) is 6.27. The zero-order chi connectivity index (χ0) is 16.1. The molecule has 2 atom stereocenters. The van der Waals surface area contributed by atoms with Gasteiger partial charge in [0.1, 0.15) is 5.92 Å². The van der Waals surface area contributed by atoms with Crippen LogP contribution in [0.2, 0.25) is 0 Å². The van der Waals surface area contributed by atoms with Crippen LogP contribution in [0, 0.1) is 5.92 Å². The molecular weight excluding hydrogens is 277 g/mol. The van der Waals surface area contributed by atoms with Crippen molar-refractivity contribution in [3.63, 3.8) is 0 Å². The second-order valence-electron chi connectivity index (χ2n) is 5.49. The second-order valence-corrected chi connectivity index (χ2v) is 5.49. The van der Waals surface area contributed by atoms with E-state index in [9.17, 15) is 18.0 Å². The van der Waals surface area contributed by atoms with Crippen molar-refractivity contribution < 1.29 is 23.2 Å². The molecule has 0 bridgehead atoms. The van der Waals surface area contributed by atoms with Crippen molar-refractivity contribution in [2.24, 2.45) is 16.8 Å². The van der Waals surface area contributed by atoms with Crippen molar-refractivity contribution in [3.8, 4) is 0 Å². The summed E-state index contributed by atoms with van der Waals surface area (Å²) < 4.78 is 38.0. The van der Waals surface area contributed by atoms with Crippen molar-refractivity contribution in [1.29, 1.82) is 0 Å². The number of carbonyl (C=O) groups is 1. The van der Waals surface area contributed by atoms with Crippen LogP contribution in [0.3, 0.4) is 0 Å². The Morgan fingerprint density at radius 3 is 2.20 bits per heavy atom. The highest BCUT2D eigenvalue weighted by Gasteiger charge is 2.43. The monoisotopic (exact) mass is 298 g/mol. The Hall–Kier alpha value is -1.51. The van der Waals surface area contributed by atoms with Gasteiger partial charge in [-0.25, -0.2) is 0 Å². The van der Waals surface area contributed by atoms with E-state index in [0.717, 1.165) is 0 Å². The van der Waals surface area contributed by atoms with Crippen molar-refractivity contribution >= 4 is 11.7 Å². The Labute approximate surface area is 115 Å². The van der Waals surface area contributed by atoms with Crippen LogP contribution in [0.4, 0.5) is 13.2 Å². The van der Waals surface area contributed by atoms with Crippen molar-refractivity contribution in [1.82, 2.24) is 10.6 Å². The molecule has 0 aromatic rings. The van der Waals surface area contributed by atoms with Crippen LogP contribution in [-0.2, 0) is 4.79 Å². The number of carbonyl (C=O) groups excluding carboxylic acids is 1. The molecule has 0 saturated carbocycles. The number of alkyl halides is 3. The Balaban J connectivity index is 4.61. The topological polar surface area (TPSA) is 99.7 Å². The summed E-state index contributed by atoms with van der Waals surface area (Å²) in [6.07, 6.45) is -4.66. The van der Waals surface area contributed by atoms with E-state index in [2.05, 4.69) is 15.8 Å². The standard InChI is InChI=1S/C11H21F3N4O2/c1-6(9(19)17-10(2,3)4)16-5-7(8(15)18-20)11(12,13)14/h6-7,16,20H,5H2,1-4H3,(H2,15,18)(H,17,19). The maximum absolute atomic E-state index is 12.7. The molecule has 0 saturated heterocycles. The van der Waals surface area contributed by atoms with Gasteiger partial charge in [0.15, 0.2) is 5.84 Å². The highest BCUT2D eigenvalue weighted by atomic mass is 19.4. The van der Waals surface area contributed by atoms with Crippen LogP contribution >= 0.6 is 0 Å². The number of hydrogen-bond acceptors (Lipinski definition) is 4. The van der Waals surface area contributed by atoms with Crippen LogP contribution in [0.15, 0.2) is 5.16 Å². The van der Waals surface area contributed by atoms with Gasteiger partial charge in [0, 0.05) is 12.1 Å². The minimum absolute atomic E-state index is 0.432. The van der Waals surface area contributed by atoms with Gasteiger partial charge in [-0.15, -0.1) is 0 Å². The van der Waals surface area contributed by atoms with Gasteiger partial charge in [-0.1, -0.05) is 5.16 Å². The molecule has 20 heavy (non-hydrogen) atoms. The summed E-state index contributed by atoms with van der Waals surface area (Å²) in [5, 5.41) is 15.8. The molecule has 118 valence electrons. The van der Waals surface area contributed by atoms with Crippen LogP contribution in [0.5, 0.6) is 0 Å². The molecule has 0 heterocycles. The number of nitrogens with zero attached hydrogens (tertiary/aromatic N) is 1. The normalized spacial score (nSPS) is 16.6. The van der Waals surface area contributed by atoms with Gasteiger partial charge in [0.05, 0.1) is 6.04 Å². The minimum atomic E-state index is -4.66. The van der Waals surface area contributed by atoms with E-state index >= 15 is 0 Å². The molecule has 1 amide bonds. The summed E-state index contributed by atoms with van der Waals surface area (Å²) in [5.41, 5.74) is 4.52. The fourth-order valence-electron chi connectivity index (χ4n) is 1.32. The molecule has 0 radical (unpaired) electrons. The van der Waals surface area contributed by atoms with E-state index in [0.29, 0.717) is 0 Å². The van der Waals surface area contributed by atoms with E-state index in [-0.39, 0.29) is 0 Å². The summed E-state index contributed by atoms with van der Waals surface area (Å²) in [6, 6.07) is -0.842. The third-order valence-electron chi connectivity index (χ3n) is 2.39. The number of halogens is 3. The van der Waals surface area contributed by atoms with Crippen LogP contribution in [0.1, 0.15) is 27.7 Å². The van der Waals surface area contributed by atoms with Crippen molar-refractivity contribution in [2.45, 2.75) is 45.5 Å². The quantitative estimate of drug-likeness (QED) is 0.261. The fourth-order valence-corrected chi connectivity index (χ4v) is 1.32. The van der Waals surface area contributed by atoms with Crippen molar-refractivity contribution in [3.05, 3.63) is 0 Å². The number of amides is 1. The molecule has 0 aromatic heterocycles. The average Bonchev–Trinajstić information content (AvgIpc) is 2.24.